The normalized spacial score (nSPS) is 25.6. The highest BCUT2D eigenvalue weighted by Crippen LogP contribution is 2.38. The van der Waals surface area contributed by atoms with Crippen molar-refractivity contribution in [2.75, 3.05) is 13.7 Å². The summed E-state index contributed by atoms with van der Waals surface area (Å²) < 4.78 is 5.52. The first-order chi connectivity index (χ1) is 10.2. The van der Waals surface area contributed by atoms with Crippen molar-refractivity contribution in [1.29, 1.82) is 0 Å². The minimum Gasteiger partial charge on any atom is -0.496 e. The van der Waals surface area contributed by atoms with Crippen molar-refractivity contribution in [3.63, 3.8) is 0 Å². The summed E-state index contributed by atoms with van der Waals surface area (Å²) in [4.78, 5) is 3.10. The van der Waals surface area contributed by atoms with Crippen molar-refractivity contribution in [3.8, 4) is 5.75 Å². The number of thiocarbonyl (C=S) groups is 1. The fourth-order valence-electron chi connectivity index (χ4n) is 4.03. The van der Waals surface area contributed by atoms with Gasteiger partial charge in [-0.25, -0.2) is 0 Å². The lowest BCUT2D eigenvalue weighted by molar-refractivity contribution is 0.105. The Bertz CT molecular complexity index is 532. The van der Waals surface area contributed by atoms with Crippen LogP contribution in [0.4, 0.5) is 0 Å². The molecule has 3 nitrogen and oxygen atoms in total. The standard InChI is InChI=1S/C17H24N2OS/c1-20-16-8-7-13(17(18)21)10-14(16)11-19-9-3-5-12-4-2-6-15(12)19/h7-8,10,12,15H,2-6,9,11H2,1H3,(H2,18,21). The van der Waals surface area contributed by atoms with Crippen molar-refractivity contribution >= 4 is 17.2 Å². The van der Waals surface area contributed by atoms with E-state index in [1.54, 1.807) is 7.11 Å². The van der Waals surface area contributed by atoms with Gasteiger partial charge in [-0.3, -0.25) is 4.90 Å². The third-order valence-electron chi connectivity index (χ3n) is 5.05. The summed E-state index contributed by atoms with van der Waals surface area (Å²) in [5, 5.41) is 0. The molecule has 1 aromatic carbocycles. The Morgan fingerprint density at radius 2 is 2.14 bits per heavy atom. The molecule has 2 atom stereocenters. The van der Waals surface area contributed by atoms with E-state index >= 15 is 0 Å². The predicted octanol–water partition coefficient (Wildman–Crippen LogP) is 3.09. The second-order valence-electron chi connectivity index (χ2n) is 6.26. The maximum Gasteiger partial charge on any atom is 0.123 e. The van der Waals surface area contributed by atoms with Gasteiger partial charge in [0.05, 0.1) is 7.11 Å². The molecule has 3 rings (SSSR count). The van der Waals surface area contributed by atoms with E-state index in [0.29, 0.717) is 4.99 Å². The molecule has 21 heavy (non-hydrogen) atoms. The van der Waals surface area contributed by atoms with Gasteiger partial charge in [0.2, 0.25) is 0 Å². The number of likely N-dealkylation sites (tertiary alicyclic amines) is 1. The van der Waals surface area contributed by atoms with E-state index in [1.165, 1.54) is 44.2 Å². The first-order valence-corrected chi connectivity index (χ1v) is 8.30. The number of ether oxygens (including phenoxy) is 1. The van der Waals surface area contributed by atoms with Gasteiger partial charge in [-0.05, 0) is 56.3 Å². The minimum atomic E-state index is 0.455. The molecule has 0 bridgehead atoms. The summed E-state index contributed by atoms with van der Waals surface area (Å²) >= 11 is 5.10. The lowest BCUT2D eigenvalue weighted by atomic mass is 9.91. The summed E-state index contributed by atoms with van der Waals surface area (Å²) in [6, 6.07) is 6.79. The molecule has 1 saturated carbocycles. The summed E-state index contributed by atoms with van der Waals surface area (Å²) in [7, 11) is 1.73. The van der Waals surface area contributed by atoms with Gasteiger partial charge < -0.3 is 10.5 Å². The van der Waals surface area contributed by atoms with Gasteiger partial charge in [-0.1, -0.05) is 18.6 Å². The molecular weight excluding hydrogens is 280 g/mol. The van der Waals surface area contributed by atoms with Crippen molar-refractivity contribution in [2.24, 2.45) is 11.7 Å². The third-order valence-corrected chi connectivity index (χ3v) is 5.28. The van der Waals surface area contributed by atoms with Gasteiger partial charge in [0.1, 0.15) is 10.7 Å². The van der Waals surface area contributed by atoms with Gasteiger partial charge in [0, 0.05) is 23.7 Å². The van der Waals surface area contributed by atoms with E-state index in [4.69, 9.17) is 22.7 Å². The van der Waals surface area contributed by atoms with Crippen LogP contribution in [0, 0.1) is 5.92 Å². The number of nitrogens with zero attached hydrogens (tertiary/aromatic N) is 1. The maximum absolute atomic E-state index is 5.77. The molecule has 1 aromatic rings. The van der Waals surface area contributed by atoms with E-state index in [1.807, 2.05) is 12.1 Å². The molecular formula is C17H24N2OS. The summed E-state index contributed by atoms with van der Waals surface area (Å²) in [6.45, 7) is 2.14. The van der Waals surface area contributed by atoms with Gasteiger partial charge in [-0.2, -0.15) is 0 Å². The molecule has 2 unspecified atom stereocenters. The second kappa shape index (κ2) is 6.32. The topological polar surface area (TPSA) is 38.5 Å². The molecule has 0 aromatic heterocycles. The third kappa shape index (κ3) is 3.06. The zero-order valence-electron chi connectivity index (χ0n) is 12.7. The predicted molar refractivity (Wildman–Crippen MR) is 89.7 cm³/mol. The van der Waals surface area contributed by atoms with Crippen molar-refractivity contribution in [1.82, 2.24) is 4.90 Å². The molecule has 0 radical (unpaired) electrons. The molecule has 4 heteroatoms. The maximum atomic E-state index is 5.77. The van der Waals surface area contributed by atoms with E-state index in [9.17, 15) is 0 Å². The van der Waals surface area contributed by atoms with Crippen LogP contribution in [-0.2, 0) is 6.54 Å². The number of methoxy groups -OCH3 is 1. The van der Waals surface area contributed by atoms with E-state index in [0.717, 1.165) is 29.8 Å². The van der Waals surface area contributed by atoms with Gasteiger partial charge in [-0.15, -0.1) is 0 Å². The van der Waals surface area contributed by atoms with Gasteiger partial charge in [0.15, 0.2) is 0 Å². The molecule has 0 spiro atoms. The summed E-state index contributed by atoms with van der Waals surface area (Å²) in [5.41, 5.74) is 7.91. The first-order valence-electron chi connectivity index (χ1n) is 7.90. The van der Waals surface area contributed by atoms with Crippen LogP contribution in [0.3, 0.4) is 0 Å². The molecule has 1 saturated heterocycles. The van der Waals surface area contributed by atoms with E-state index in [2.05, 4.69) is 11.0 Å². The van der Waals surface area contributed by atoms with Crippen LogP contribution in [0.15, 0.2) is 18.2 Å². The van der Waals surface area contributed by atoms with Crippen LogP contribution in [0.2, 0.25) is 0 Å². The van der Waals surface area contributed by atoms with Crippen LogP contribution in [-0.4, -0.2) is 29.6 Å². The van der Waals surface area contributed by atoms with Crippen LogP contribution in [0.1, 0.15) is 43.2 Å². The Balaban J connectivity index is 1.82. The molecule has 0 amide bonds. The lowest BCUT2D eigenvalue weighted by Crippen LogP contribution is -2.41. The van der Waals surface area contributed by atoms with Crippen LogP contribution < -0.4 is 10.5 Å². The Morgan fingerprint density at radius 1 is 1.33 bits per heavy atom. The monoisotopic (exact) mass is 304 g/mol. The molecule has 114 valence electrons. The van der Waals surface area contributed by atoms with Crippen molar-refractivity contribution < 1.29 is 4.74 Å². The lowest BCUT2D eigenvalue weighted by Gasteiger charge is -2.38. The number of rotatable bonds is 4. The zero-order valence-corrected chi connectivity index (χ0v) is 13.5. The van der Waals surface area contributed by atoms with E-state index in [-0.39, 0.29) is 0 Å². The Hall–Kier alpha value is -1.13. The van der Waals surface area contributed by atoms with Crippen LogP contribution in [0.25, 0.3) is 0 Å². The molecule has 2 fully saturated rings. The van der Waals surface area contributed by atoms with Gasteiger partial charge >= 0.3 is 0 Å². The molecule has 2 N–H and O–H groups in total. The largest absolute Gasteiger partial charge is 0.496 e. The number of fused-ring (bicyclic) bond motifs is 1. The Morgan fingerprint density at radius 3 is 2.90 bits per heavy atom. The molecule has 2 aliphatic rings. The van der Waals surface area contributed by atoms with Gasteiger partial charge in [0.25, 0.3) is 0 Å². The first kappa shape index (κ1) is 14.8. The smallest absolute Gasteiger partial charge is 0.123 e. The van der Waals surface area contributed by atoms with E-state index < -0.39 is 0 Å². The highest BCUT2D eigenvalue weighted by molar-refractivity contribution is 7.80. The average Bonchev–Trinajstić information content (AvgIpc) is 2.96. The summed E-state index contributed by atoms with van der Waals surface area (Å²) in [6.07, 6.45) is 6.87. The Labute approximate surface area is 132 Å². The number of hydrogen-bond donors (Lipinski definition) is 1. The molecule has 1 aliphatic heterocycles. The second-order valence-corrected chi connectivity index (χ2v) is 6.70. The fourth-order valence-corrected chi connectivity index (χ4v) is 4.15. The SMILES string of the molecule is COc1ccc(C(N)=S)cc1CN1CCCC2CCCC21. The van der Waals surface area contributed by atoms with Crippen LogP contribution >= 0.6 is 12.2 Å². The fraction of sp³-hybridized carbons (Fsp3) is 0.588. The average molecular weight is 304 g/mol. The quantitative estimate of drug-likeness (QED) is 0.868. The van der Waals surface area contributed by atoms with Crippen molar-refractivity contribution in [3.05, 3.63) is 29.3 Å². The van der Waals surface area contributed by atoms with Crippen molar-refractivity contribution in [2.45, 2.75) is 44.7 Å². The number of hydrogen-bond acceptors (Lipinski definition) is 3. The Kier molecular flexibility index (Phi) is 4.45. The molecule has 1 heterocycles. The minimum absolute atomic E-state index is 0.455. The molecule has 1 aliphatic carbocycles. The summed E-state index contributed by atoms with van der Waals surface area (Å²) in [5.74, 6) is 1.85. The highest BCUT2D eigenvalue weighted by atomic mass is 32.1. The van der Waals surface area contributed by atoms with Crippen LogP contribution in [0.5, 0.6) is 5.75 Å². The number of nitrogens with two attached hydrogens (primary N) is 1. The number of piperidine rings is 1. The number of benzene rings is 1. The highest BCUT2D eigenvalue weighted by Gasteiger charge is 2.35. The zero-order chi connectivity index (χ0) is 14.8.